The maximum Gasteiger partial charge on any atom is 0.233 e. The quantitative estimate of drug-likeness (QED) is 0.880. The van der Waals surface area contributed by atoms with Gasteiger partial charge in [0.2, 0.25) is 5.91 Å². The Kier molecular flexibility index (Phi) is 5.20. The van der Waals surface area contributed by atoms with E-state index < -0.39 is 0 Å². The lowest BCUT2D eigenvalue weighted by Gasteiger charge is -2.33. The van der Waals surface area contributed by atoms with E-state index >= 15 is 0 Å². The number of hydrogen-bond acceptors (Lipinski definition) is 6. The maximum atomic E-state index is 11.5. The molecule has 0 aliphatic carbocycles. The molecule has 1 aliphatic heterocycles. The molecule has 2 aromatic heterocycles. The Bertz CT molecular complexity index is 698. The number of piperidine rings is 1. The monoisotopic (exact) mass is 328 g/mol. The molecule has 1 N–H and O–H groups in total. The van der Waals surface area contributed by atoms with E-state index in [1.165, 1.54) is 0 Å². The van der Waals surface area contributed by atoms with E-state index in [9.17, 15) is 4.79 Å². The molecule has 2 aromatic rings. The van der Waals surface area contributed by atoms with Crippen LogP contribution in [0.1, 0.15) is 12.8 Å². The van der Waals surface area contributed by atoms with Gasteiger partial charge in [0.15, 0.2) is 5.65 Å². The van der Waals surface area contributed by atoms with Gasteiger partial charge in [-0.15, -0.1) is 0 Å². The predicted octanol–water partition coefficient (Wildman–Crippen LogP) is 0.919. The van der Waals surface area contributed by atoms with Crippen LogP contribution in [0.2, 0.25) is 0 Å². The fourth-order valence-electron chi connectivity index (χ4n) is 3.15. The van der Waals surface area contributed by atoms with E-state index in [1.54, 1.807) is 19.4 Å². The number of carbonyl (C=O) groups is 1. The SMILES string of the molecule is CNC(=O)CN1CCC(CN(C)c2ccc3nccnc3n2)CC1. The molecule has 24 heavy (non-hydrogen) atoms. The first-order chi connectivity index (χ1) is 11.7. The van der Waals surface area contributed by atoms with Crippen molar-refractivity contribution in [3.8, 4) is 0 Å². The molecule has 0 aromatic carbocycles. The summed E-state index contributed by atoms with van der Waals surface area (Å²) in [7, 11) is 3.76. The van der Waals surface area contributed by atoms with Crippen molar-refractivity contribution >= 4 is 22.9 Å². The van der Waals surface area contributed by atoms with Crippen LogP contribution < -0.4 is 10.2 Å². The van der Waals surface area contributed by atoms with Gasteiger partial charge in [-0.3, -0.25) is 14.7 Å². The van der Waals surface area contributed by atoms with Gasteiger partial charge in [-0.1, -0.05) is 0 Å². The number of nitrogens with one attached hydrogen (secondary N) is 1. The number of carbonyl (C=O) groups excluding carboxylic acids is 1. The molecule has 3 rings (SSSR count). The van der Waals surface area contributed by atoms with E-state index in [1.807, 2.05) is 12.1 Å². The molecule has 7 nitrogen and oxygen atoms in total. The van der Waals surface area contributed by atoms with Crippen molar-refractivity contribution in [2.75, 3.05) is 45.2 Å². The van der Waals surface area contributed by atoms with Crippen LogP contribution >= 0.6 is 0 Å². The Balaban J connectivity index is 1.55. The van der Waals surface area contributed by atoms with Gasteiger partial charge < -0.3 is 10.2 Å². The van der Waals surface area contributed by atoms with Crippen LogP contribution in [0.5, 0.6) is 0 Å². The molecular weight excluding hydrogens is 304 g/mol. The number of pyridine rings is 1. The third-order valence-corrected chi connectivity index (χ3v) is 4.59. The standard InChI is InChI=1S/C17H24N6O/c1-18-16(24)12-23-9-5-13(6-10-23)11-22(2)15-4-3-14-17(21-15)20-8-7-19-14/h3-4,7-8,13H,5-6,9-12H2,1-2H3,(H,18,24). The van der Waals surface area contributed by atoms with Crippen molar-refractivity contribution in [2.45, 2.75) is 12.8 Å². The normalized spacial score (nSPS) is 16.2. The van der Waals surface area contributed by atoms with Gasteiger partial charge in [0.05, 0.1) is 6.54 Å². The van der Waals surface area contributed by atoms with Gasteiger partial charge in [-0.25, -0.2) is 9.97 Å². The van der Waals surface area contributed by atoms with Crippen molar-refractivity contribution in [2.24, 2.45) is 5.92 Å². The molecule has 0 spiro atoms. The highest BCUT2D eigenvalue weighted by atomic mass is 16.1. The van der Waals surface area contributed by atoms with Gasteiger partial charge in [0.25, 0.3) is 0 Å². The number of likely N-dealkylation sites (tertiary alicyclic amines) is 1. The summed E-state index contributed by atoms with van der Waals surface area (Å²) in [6, 6.07) is 3.96. The van der Waals surface area contributed by atoms with Crippen molar-refractivity contribution in [3.05, 3.63) is 24.5 Å². The number of hydrogen-bond donors (Lipinski definition) is 1. The van der Waals surface area contributed by atoms with E-state index in [0.29, 0.717) is 18.1 Å². The number of likely N-dealkylation sites (N-methyl/N-ethyl adjacent to an activating group) is 1. The first-order valence-electron chi connectivity index (χ1n) is 8.37. The fraction of sp³-hybridized carbons (Fsp3) is 0.529. The Morgan fingerprint density at radius 1 is 1.29 bits per heavy atom. The zero-order chi connectivity index (χ0) is 16.9. The molecule has 128 valence electrons. The molecule has 1 amide bonds. The number of amides is 1. The van der Waals surface area contributed by atoms with Crippen LogP contribution in [0.25, 0.3) is 11.2 Å². The third kappa shape index (κ3) is 3.97. The highest BCUT2D eigenvalue weighted by molar-refractivity contribution is 5.77. The number of fused-ring (bicyclic) bond motifs is 1. The number of rotatable bonds is 5. The molecule has 0 radical (unpaired) electrons. The Labute approximate surface area is 142 Å². The second kappa shape index (κ2) is 7.53. The molecule has 3 heterocycles. The van der Waals surface area contributed by atoms with Crippen molar-refractivity contribution in [1.29, 1.82) is 0 Å². The molecule has 0 bridgehead atoms. The summed E-state index contributed by atoms with van der Waals surface area (Å²) in [5.41, 5.74) is 1.50. The molecule has 7 heteroatoms. The van der Waals surface area contributed by atoms with E-state index in [-0.39, 0.29) is 5.91 Å². The van der Waals surface area contributed by atoms with Crippen molar-refractivity contribution < 1.29 is 4.79 Å². The maximum absolute atomic E-state index is 11.5. The fourth-order valence-corrected chi connectivity index (χ4v) is 3.15. The first-order valence-corrected chi connectivity index (χ1v) is 8.37. The van der Waals surface area contributed by atoms with Gasteiger partial charge >= 0.3 is 0 Å². The van der Waals surface area contributed by atoms with Crippen LogP contribution in [0.3, 0.4) is 0 Å². The minimum atomic E-state index is 0.0899. The zero-order valence-electron chi connectivity index (χ0n) is 14.3. The molecule has 0 unspecified atom stereocenters. The van der Waals surface area contributed by atoms with Gasteiger partial charge in [0, 0.05) is 33.0 Å². The Hall–Kier alpha value is -2.28. The largest absolute Gasteiger partial charge is 0.359 e. The van der Waals surface area contributed by atoms with Crippen molar-refractivity contribution in [3.63, 3.8) is 0 Å². The Morgan fingerprint density at radius 3 is 2.79 bits per heavy atom. The van der Waals surface area contributed by atoms with Crippen LogP contribution in [-0.4, -0.2) is 66.0 Å². The second-order valence-corrected chi connectivity index (χ2v) is 6.34. The Morgan fingerprint density at radius 2 is 2.04 bits per heavy atom. The first kappa shape index (κ1) is 16.6. The molecule has 1 fully saturated rings. The lowest BCUT2D eigenvalue weighted by atomic mass is 9.96. The lowest BCUT2D eigenvalue weighted by Crippen LogP contribution is -2.42. The summed E-state index contributed by atoms with van der Waals surface area (Å²) in [5, 5.41) is 2.68. The van der Waals surface area contributed by atoms with Gasteiger partial charge in [-0.2, -0.15) is 0 Å². The zero-order valence-corrected chi connectivity index (χ0v) is 14.3. The van der Waals surface area contributed by atoms with E-state index in [4.69, 9.17) is 0 Å². The number of nitrogens with zero attached hydrogens (tertiary/aromatic N) is 5. The number of anilines is 1. The summed E-state index contributed by atoms with van der Waals surface area (Å²) in [6.07, 6.45) is 5.56. The summed E-state index contributed by atoms with van der Waals surface area (Å²) in [5.74, 6) is 1.64. The minimum absolute atomic E-state index is 0.0899. The molecular formula is C17H24N6O. The minimum Gasteiger partial charge on any atom is -0.359 e. The molecule has 1 aliphatic rings. The summed E-state index contributed by atoms with van der Waals surface area (Å²) in [4.78, 5) is 29.0. The smallest absolute Gasteiger partial charge is 0.233 e. The van der Waals surface area contributed by atoms with Crippen LogP contribution in [0.4, 0.5) is 5.82 Å². The average molecular weight is 328 g/mol. The van der Waals surface area contributed by atoms with Crippen LogP contribution in [0, 0.1) is 5.92 Å². The molecule has 1 saturated heterocycles. The molecule has 0 saturated carbocycles. The summed E-state index contributed by atoms with van der Waals surface area (Å²) < 4.78 is 0. The highest BCUT2D eigenvalue weighted by Gasteiger charge is 2.22. The van der Waals surface area contributed by atoms with Crippen molar-refractivity contribution in [1.82, 2.24) is 25.2 Å². The van der Waals surface area contributed by atoms with E-state index in [0.717, 1.165) is 43.8 Å². The third-order valence-electron chi connectivity index (χ3n) is 4.59. The summed E-state index contributed by atoms with van der Waals surface area (Å²) >= 11 is 0. The predicted molar refractivity (Wildman–Crippen MR) is 93.8 cm³/mol. The van der Waals surface area contributed by atoms with Gasteiger partial charge in [-0.05, 0) is 44.0 Å². The second-order valence-electron chi connectivity index (χ2n) is 6.34. The van der Waals surface area contributed by atoms with E-state index in [2.05, 4.69) is 37.1 Å². The van der Waals surface area contributed by atoms with Crippen LogP contribution in [-0.2, 0) is 4.79 Å². The summed E-state index contributed by atoms with van der Waals surface area (Å²) in [6.45, 7) is 3.42. The average Bonchev–Trinajstić information content (AvgIpc) is 2.62. The number of aromatic nitrogens is 3. The topological polar surface area (TPSA) is 74.2 Å². The van der Waals surface area contributed by atoms with Crippen LogP contribution in [0.15, 0.2) is 24.5 Å². The lowest BCUT2D eigenvalue weighted by molar-refractivity contribution is -0.122. The highest BCUT2D eigenvalue weighted by Crippen LogP contribution is 2.21. The van der Waals surface area contributed by atoms with Gasteiger partial charge in [0.1, 0.15) is 11.3 Å². The molecule has 0 atom stereocenters.